The molecule has 52 valence electrons. The van der Waals surface area contributed by atoms with Crippen LogP contribution < -0.4 is 0 Å². The third-order valence-electron chi connectivity index (χ3n) is 1.17. The van der Waals surface area contributed by atoms with Crippen molar-refractivity contribution in [2.75, 3.05) is 0 Å². The van der Waals surface area contributed by atoms with Gasteiger partial charge in [0.15, 0.2) is 0 Å². The van der Waals surface area contributed by atoms with Gasteiger partial charge >= 0.3 is 79.1 Å². The number of hydrogen-bond acceptors (Lipinski definition) is 0. The Morgan fingerprint density at radius 1 is 1.20 bits per heavy atom. The van der Waals surface area contributed by atoms with Crippen molar-refractivity contribution in [3.05, 3.63) is 33.8 Å². The fourth-order valence-electron chi connectivity index (χ4n) is 0.638. The summed E-state index contributed by atoms with van der Waals surface area (Å²) >= 11 is 13.9. The molecule has 0 heterocycles. The molecule has 0 N–H and O–H groups in total. The molecule has 0 nitrogen and oxygen atoms in total. The van der Waals surface area contributed by atoms with Crippen LogP contribution in [0.15, 0.2) is 18.2 Å². The van der Waals surface area contributed by atoms with E-state index < -0.39 is 0 Å². The van der Waals surface area contributed by atoms with E-state index in [0.717, 1.165) is 5.21 Å². The van der Waals surface area contributed by atoms with Crippen molar-refractivity contribution >= 4 is 40.1 Å². The Morgan fingerprint density at radius 2 is 1.90 bits per heavy atom. The summed E-state index contributed by atoms with van der Waals surface area (Å²) in [4.78, 5) is 0. The summed E-state index contributed by atoms with van der Waals surface area (Å²) in [5.41, 5.74) is 1.19. The Morgan fingerprint density at radius 3 is 2.40 bits per heavy atom. The zero-order valence-electron chi connectivity index (χ0n) is 5.14. The first-order valence-electron chi connectivity index (χ1n) is 2.79. The SMILES string of the molecule is Clc1ccc(C[As])cc1Cl. The minimum absolute atomic E-state index is 0.617. The van der Waals surface area contributed by atoms with Gasteiger partial charge in [-0.25, -0.2) is 0 Å². The molecule has 0 aliphatic rings. The van der Waals surface area contributed by atoms with Gasteiger partial charge in [-0.15, -0.1) is 0 Å². The molecule has 0 aliphatic carbocycles. The van der Waals surface area contributed by atoms with Crippen molar-refractivity contribution in [2.45, 2.75) is 5.21 Å². The predicted octanol–water partition coefficient (Wildman–Crippen LogP) is 2.66. The van der Waals surface area contributed by atoms with Crippen LogP contribution in [0.3, 0.4) is 0 Å². The molecule has 0 spiro atoms. The van der Waals surface area contributed by atoms with Crippen molar-refractivity contribution < 1.29 is 0 Å². The van der Waals surface area contributed by atoms with Gasteiger partial charge in [-0.1, -0.05) is 0 Å². The van der Waals surface area contributed by atoms with Crippen LogP contribution in [-0.4, -0.2) is 16.9 Å². The van der Waals surface area contributed by atoms with Crippen LogP contribution in [-0.2, 0) is 5.21 Å². The molecular formula is C7H5AsCl2. The van der Waals surface area contributed by atoms with Gasteiger partial charge in [-0.3, -0.25) is 0 Å². The van der Waals surface area contributed by atoms with Gasteiger partial charge in [-0.05, 0) is 0 Å². The quantitative estimate of drug-likeness (QED) is 0.656. The van der Waals surface area contributed by atoms with Crippen LogP contribution in [0.25, 0.3) is 0 Å². The Balaban J connectivity index is 3.04. The van der Waals surface area contributed by atoms with E-state index >= 15 is 0 Å². The van der Waals surface area contributed by atoms with Gasteiger partial charge in [0.2, 0.25) is 0 Å². The maximum atomic E-state index is 5.75. The molecule has 3 heteroatoms. The molecule has 0 bridgehead atoms. The first-order valence-corrected chi connectivity index (χ1v) is 4.87. The van der Waals surface area contributed by atoms with Crippen molar-refractivity contribution in [3.63, 3.8) is 0 Å². The first-order chi connectivity index (χ1) is 4.74. The molecule has 0 fully saturated rings. The summed E-state index contributed by atoms with van der Waals surface area (Å²) in [6.45, 7) is 0. The number of rotatable bonds is 1. The third kappa shape index (κ3) is 1.92. The van der Waals surface area contributed by atoms with Crippen LogP contribution in [0.2, 0.25) is 10.0 Å². The second-order valence-electron chi connectivity index (χ2n) is 1.91. The van der Waals surface area contributed by atoms with Crippen LogP contribution in [0.5, 0.6) is 0 Å². The zero-order chi connectivity index (χ0) is 7.56. The fourth-order valence-corrected chi connectivity index (χ4v) is 1.37. The Kier molecular flexibility index (Phi) is 3.10. The Bertz CT molecular complexity index is 235. The van der Waals surface area contributed by atoms with E-state index in [4.69, 9.17) is 23.2 Å². The minimum atomic E-state index is 0.617. The van der Waals surface area contributed by atoms with Crippen LogP contribution in [0.1, 0.15) is 5.56 Å². The summed E-state index contributed by atoms with van der Waals surface area (Å²) < 4.78 is 0. The fraction of sp³-hybridized carbons (Fsp3) is 0.143. The van der Waals surface area contributed by atoms with Crippen molar-refractivity contribution in [2.24, 2.45) is 0 Å². The molecule has 0 unspecified atom stereocenters. The van der Waals surface area contributed by atoms with Crippen LogP contribution >= 0.6 is 23.2 Å². The summed E-state index contributed by atoms with van der Waals surface area (Å²) in [6.07, 6.45) is 0. The third-order valence-corrected chi connectivity index (χ3v) is 2.67. The topological polar surface area (TPSA) is 0 Å². The van der Waals surface area contributed by atoms with E-state index in [1.807, 2.05) is 18.2 Å². The van der Waals surface area contributed by atoms with Crippen LogP contribution in [0, 0.1) is 0 Å². The van der Waals surface area contributed by atoms with Gasteiger partial charge in [0.25, 0.3) is 0 Å². The molecule has 1 aromatic carbocycles. The summed E-state index contributed by atoms with van der Waals surface area (Å²) in [5, 5.41) is 2.18. The van der Waals surface area contributed by atoms with E-state index in [9.17, 15) is 0 Å². The molecule has 1 rings (SSSR count). The Labute approximate surface area is 79.0 Å². The van der Waals surface area contributed by atoms with E-state index in [1.165, 1.54) is 5.56 Å². The molecule has 0 saturated heterocycles. The monoisotopic (exact) mass is 234 g/mol. The average Bonchev–Trinajstić information content (AvgIpc) is 1.95. The molecule has 0 saturated carbocycles. The normalized spacial score (nSPS) is 9.90. The molecule has 0 amide bonds. The summed E-state index contributed by atoms with van der Waals surface area (Å²) in [5.74, 6) is 0. The Hall–Kier alpha value is 0.358. The molecule has 1 aromatic rings. The van der Waals surface area contributed by atoms with Crippen molar-refractivity contribution in [1.82, 2.24) is 0 Å². The summed E-state index contributed by atoms with van der Waals surface area (Å²) in [7, 11) is 0. The average molecular weight is 235 g/mol. The molecule has 0 aromatic heterocycles. The molecule has 0 atom stereocenters. The van der Waals surface area contributed by atoms with E-state index in [2.05, 4.69) is 16.9 Å². The van der Waals surface area contributed by atoms with Gasteiger partial charge in [-0.2, -0.15) is 0 Å². The number of benzene rings is 1. The van der Waals surface area contributed by atoms with E-state index in [-0.39, 0.29) is 0 Å². The molecule has 0 aliphatic heterocycles. The van der Waals surface area contributed by atoms with Gasteiger partial charge < -0.3 is 0 Å². The van der Waals surface area contributed by atoms with E-state index in [0.29, 0.717) is 10.0 Å². The van der Waals surface area contributed by atoms with Crippen molar-refractivity contribution in [1.29, 1.82) is 0 Å². The molecule has 10 heavy (non-hydrogen) atoms. The predicted molar refractivity (Wildman–Crippen MR) is 45.9 cm³/mol. The van der Waals surface area contributed by atoms with E-state index in [1.54, 1.807) is 0 Å². The van der Waals surface area contributed by atoms with Gasteiger partial charge in [0.1, 0.15) is 0 Å². The van der Waals surface area contributed by atoms with Gasteiger partial charge in [0.05, 0.1) is 0 Å². The standard InChI is InChI=1S/C7H5AsCl2/c8-4-5-1-2-6(9)7(10)3-5/h1-3H,4H2. The summed E-state index contributed by atoms with van der Waals surface area (Å²) in [6, 6.07) is 5.65. The second-order valence-corrected chi connectivity index (χ2v) is 3.38. The zero-order valence-corrected chi connectivity index (χ0v) is 8.53. The molecule has 2 radical (unpaired) electrons. The first kappa shape index (κ1) is 8.45. The molecular weight excluding hydrogens is 230 g/mol. The maximum absolute atomic E-state index is 5.75. The number of halogens is 2. The number of hydrogen-bond donors (Lipinski definition) is 0. The van der Waals surface area contributed by atoms with Gasteiger partial charge in [0, 0.05) is 0 Å². The second kappa shape index (κ2) is 3.66. The van der Waals surface area contributed by atoms with Crippen LogP contribution in [0.4, 0.5) is 0 Å². The van der Waals surface area contributed by atoms with Crippen molar-refractivity contribution in [3.8, 4) is 0 Å².